The monoisotopic (exact) mass is 335 g/mol. The molecule has 1 aromatic heterocycles. The van der Waals surface area contributed by atoms with E-state index < -0.39 is 16.8 Å². The molecule has 0 aliphatic rings. The summed E-state index contributed by atoms with van der Waals surface area (Å²) in [6.45, 7) is 3.12. The Labute approximate surface area is 135 Å². The number of amides is 1. The van der Waals surface area contributed by atoms with Crippen molar-refractivity contribution in [1.29, 1.82) is 0 Å². The second-order valence-electron chi connectivity index (χ2n) is 4.46. The first-order valence-electron chi connectivity index (χ1n) is 6.64. The number of nitro groups is 1. The lowest BCUT2D eigenvalue weighted by atomic mass is 10.1. The molecule has 2 rings (SSSR count). The predicted octanol–water partition coefficient (Wildman–Crippen LogP) is 2.79. The number of hydrogen-bond acceptors (Lipinski definition) is 7. The number of carbonyl (C=O) groups excluding carboxylic acids is 2. The summed E-state index contributed by atoms with van der Waals surface area (Å²) in [7, 11) is 0. The summed E-state index contributed by atoms with van der Waals surface area (Å²) in [5.74, 6) is -0.906. The van der Waals surface area contributed by atoms with Crippen LogP contribution in [0.25, 0.3) is 0 Å². The predicted molar refractivity (Wildman–Crippen MR) is 83.9 cm³/mol. The highest BCUT2D eigenvalue weighted by atomic mass is 32.1. The maximum atomic E-state index is 12.4. The molecule has 0 saturated carbocycles. The SMILES string of the molecule is CCc1cccc(C(=O)Nc2ncc([N+](=O)[O-])s2)c1OC(C)=O. The first kappa shape index (κ1) is 16.6. The second kappa shape index (κ2) is 6.97. The van der Waals surface area contributed by atoms with E-state index in [1.54, 1.807) is 12.1 Å². The summed E-state index contributed by atoms with van der Waals surface area (Å²) in [4.78, 5) is 37.4. The third-order valence-electron chi connectivity index (χ3n) is 2.86. The van der Waals surface area contributed by atoms with Gasteiger partial charge < -0.3 is 4.74 Å². The largest absolute Gasteiger partial charge is 0.426 e. The molecule has 9 heteroatoms. The highest BCUT2D eigenvalue weighted by Crippen LogP contribution is 2.28. The second-order valence-corrected chi connectivity index (χ2v) is 5.47. The number of rotatable bonds is 5. The fraction of sp³-hybridized carbons (Fsp3) is 0.214. The van der Waals surface area contributed by atoms with Crippen LogP contribution in [0.1, 0.15) is 29.8 Å². The Morgan fingerprint density at radius 2 is 2.17 bits per heavy atom. The lowest BCUT2D eigenvalue weighted by Crippen LogP contribution is -2.16. The summed E-state index contributed by atoms with van der Waals surface area (Å²) >= 11 is 0.744. The van der Waals surface area contributed by atoms with E-state index in [0.29, 0.717) is 12.0 Å². The zero-order valence-corrected chi connectivity index (χ0v) is 13.2. The fourth-order valence-corrected chi connectivity index (χ4v) is 2.51. The van der Waals surface area contributed by atoms with Gasteiger partial charge in [0.05, 0.1) is 10.5 Å². The van der Waals surface area contributed by atoms with Crippen molar-refractivity contribution < 1.29 is 19.2 Å². The lowest BCUT2D eigenvalue weighted by Gasteiger charge is -2.12. The van der Waals surface area contributed by atoms with Gasteiger partial charge in [-0.25, -0.2) is 4.98 Å². The van der Waals surface area contributed by atoms with E-state index in [0.717, 1.165) is 17.5 Å². The molecule has 0 fully saturated rings. The number of hydrogen-bond donors (Lipinski definition) is 1. The van der Waals surface area contributed by atoms with Crippen molar-refractivity contribution in [2.24, 2.45) is 0 Å². The first-order valence-corrected chi connectivity index (χ1v) is 7.46. The van der Waals surface area contributed by atoms with Gasteiger partial charge in [0.25, 0.3) is 5.91 Å². The van der Waals surface area contributed by atoms with Crippen molar-refractivity contribution in [2.45, 2.75) is 20.3 Å². The number of carbonyl (C=O) groups is 2. The van der Waals surface area contributed by atoms with E-state index in [4.69, 9.17) is 4.74 Å². The smallest absolute Gasteiger partial charge is 0.345 e. The molecule has 8 nitrogen and oxygen atoms in total. The summed E-state index contributed by atoms with van der Waals surface area (Å²) in [5, 5.41) is 13.0. The lowest BCUT2D eigenvalue weighted by molar-refractivity contribution is -0.380. The Hall–Kier alpha value is -2.81. The number of nitrogens with zero attached hydrogens (tertiary/aromatic N) is 2. The molecule has 1 N–H and O–H groups in total. The van der Waals surface area contributed by atoms with Gasteiger partial charge in [0.15, 0.2) is 5.13 Å². The van der Waals surface area contributed by atoms with Crippen LogP contribution in [-0.2, 0) is 11.2 Å². The van der Waals surface area contributed by atoms with Gasteiger partial charge in [0.2, 0.25) is 0 Å². The van der Waals surface area contributed by atoms with Crippen molar-refractivity contribution in [3.8, 4) is 5.75 Å². The highest BCUT2D eigenvalue weighted by molar-refractivity contribution is 7.18. The van der Waals surface area contributed by atoms with Crippen molar-refractivity contribution in [3.63, 3.8) is 0 Å². The molecule has 0 unspecified atom stereocenters. The molecule has 0 aliphatic carbocycles. The number of nitrogens with one attached hydrogen (secondary N) is 1. The average molecular weight is 335 g/mol. The van der Waals surface area contributed by atoms with Gasteiger partial charge in [0.1, 0.15) is 11.9 Å². The van der Waals surface area contributed by atoms with Crippen molar-refractivity contribution in [3.05, 3.63) is 45.6 Å². The van der Waals surface area contributed by atoms with E-state index in [1.807, 2.05) is 6.92 Å². The summed E-state index contributed by atoms with van der Waals surface area (Å²) in [5.41, 5.74) is 0.871. The number of aromatic nitrogens is 1. The van der Waals surface area contributed by atoms with E-state index in [9.17, 15) is 19.7 Å². The molecule has 1 aromatic carbocycles. The van der Waals surface area contributed by atoms with Gasteiger partial charge in [-0.15, -0.1) is 0 Å². The highest BCUT2D eigenvalue weighted by Gasteiger charge is 2.19. The Balaban J connectivity index is 2.30. The van der Waals surface area contributed by atoms with Gasteiger partial charge in [-0.1, -0.05) is 19.1 Å². The number of thiazole rings is 1. The molecule has 120 valence electrons. The molecule has 0 aliphatic heterocycles. The Bertz CT molecular complexity index is 772. The zero-order valence-electron chi connectivity index (χ0n) is 12.4. The van der Waals surface area contributed by atoms with E-state index >= 15 is 0 Å². The molecule has 0 spiro atoms. The van der Waals surface area contributed by atoms with E-state index in [1.165, 1.54) is 13.0 Å². The summed E-state index contributed by atoms with van der Waals surface area (Å²) < 4.78 is 5.14. The minimum absolute atomic E-state index is 0.0948. The quantitative estimate of drug-likeness (QED) is 0.389. The number of ether oxygens (including phenoxy) is 1. The van der Waals surface area contributed by atoms with E-state index in [-0.39, 0.29) is 21.4 Å². The molecule has 0 atom stereocenters. The molecule has 0 radical (unpaired) electrons. The van der Waals surface area contributed by atoms with Crippen LogP contribution in [0.3, 0.4) is 0 Å². The van der Waals surface area contributed by atoms with Gasteiger partial charge in [-0.3, -0.25) is 25.0 Å². The van der Waals surface area contributed by atoms with Crippen LogP contribution in [0.4, 0.5) is 10.1 Å². The maximum Gasteiger partial charge on any atom is 0.345 e. The minimum atomic E-state index is -0.588. The third-order valence-corrected chi connectivity index (χ3v) is 3.73. The summed E-state index contributed by atoms with van der Waals surface area (Å²) in [6.07, 6.45) is 1.64. The van der Waals surface area contributed by atoms with Gasteiger partial charge in [0, 0.05) is 6.92 Å². The number of anilines is 1. The van der Waals surface area contributed by atoms with Gasteiger partial charge in [-0.05, 0) is 29.4 Å². The van der Waals surface area contributed by atoms with Crippen molar-refractivity contribution in [1.82, 2.24) is 4.98 Å². The summed E-state index contributed by atoms with van der Waals surface area (Å²) in [6, 6.07) is 4.93. The molecular formula is C14H13N3O5S. The molecular weight excluding hydrogens is 322 g/mol. The van der Waals surface area contributed by atoms with Crippen LogP contribution in [-0.4, -0.2) is 21.8 Å². The fourth-order valence-electron chi connectivity index (χ4n) is 1.88. The molecule has 2 aromatic rings. The van der Waals surface area contributed by atoms with Crippen LogP contribution in [0.15, 0.2) is 24.4 Å². The van der Waals surface area contributed by atoms with Crippen LogP contribution in [0.2, 0.25) is 0 Å². The number of esters is 1. The number of para-hydroxylation sites is 1. The minimum Gasteiger partial charge on any atom is -0.426 e. The average Bonchev–Trinajstić information content (AvgIpc) is 2.95. The van der Waals surface area contributed by atoms with Crippen LogP contribution >= 0.6 is 11.3 Å². The Morgan fingerprint density at radius 3 is 2.74 bits per heavy atom. The van der Waals surface area contributed by atoms with Crippen molar-refractivity contribution in [2.75, 3.05) is 5.32 Å². The molecule has 1 amide bonds. The molecule has 23 heavy (non-hydrogen) atoms. The third kappa shape index (κ3) is 3.89. The van der Waals surface area contributed by atoms with E-state index in [2.05, 4.69) is 10.3 Å². The molecule has 0 saturated heterocycles. The van der Waals surface area contributed by atoms with Gasteiger partial charge in [-0.2, -0.15) is 0 Å². The Kier molecular flexibility index (Phi) is 5.02. The normalized spacial score (nSPS) is 10.2. The maximum absolute atomic E-state index is 12.4. The number of aryl methyl sites for hydroxylation is 1. The zero-order chi connectivity index (χ0) is 17.0. The Morgan fingerprint density at radius 1 is 1.43 bits per heavy atom. The van der Waals surface area contributed by atoms with Crippen molar-refractivity contribution >= 4 is 33.3 Å². The first-order chi connectivity index (χ1) is 10.9. The molecule has 1 heterocycles. The van der Waals surface area contributed by atoms with Gasteiger partial charge >= 0.3 is 11.0 Å². The van der Waals surface area contributed by atoms with Crippen LogP contribution in [0.5, 0.6) is 5.75 Å². The number of benzene rings is 1. The topological polar surface area (TPSA) is 111 Å². The van der Waals surface area contributed by atoms with Crippen LogP contribution in [0, 0.1) is 10.1 Å². The standard InChI is InChI=1S/C14H13N3O5S/c1-3-9-5-4-6-10(12(9)22-8(2)18)13(19)16-14-15-7-11(23-14)17(20)21/h4-7H,3H2,1-2H3,(H,15,16,19). The molecule has 0 bridgehead atoms. The van der Waals surface area contributed by atoms with Crippen LogP contribution < -0.4 is 10.1 Å².